The Labute approximate surface area is 132 Å². The molecule has 0 bridgehead atoms. The summed E-state index contributed by atoms with van der Waals surface area (Å²) in [6.07, 6.45) is -4.21. The van der Waals surface area contributed by atoms with Gasteiger partial charge in [0.25, 0.3) is 0 Å². The molecule has 120 valence electrons. The summed E-state index contributed by atoms with van der Waals surface area (Å²) in [4.78, 5) is 1.35. The van der Waals surface area contributed by atoms with E-state index < -0.39 is 12.7 Å². The molecule has 0 spiro atoms. The minimum absolute atomic E-state index is 0.224. The molecule has 0 heterocycles. The lowest BCUT2D eigenvalue weighted by Gasteiger charge is -2.30. The highest BCUT2D eigenvalue weighted by Crippen LogP contribution is 2.28. The largest absolute Gasteiger partial charge is 0.405 e. The molecule has 0 amide bonds. The van der Waals surface area contributed by atoms with Crippen molar-refractivity contribution in [2.24, 2.45) is 0 Å². The van der Waals surface area contributed by atoms with Crippen molar-refractivity contribution in [2.45, 2.75) is 52.5 Å². The summed E-state index contributed by atoms with van der Waals surface area (Å²) in [6, 6.07) is 5.49. The molecule has 0 saturated heterocycles. The Hall–Kier alpha value is -0.750. The van der Waals surface area contributed by atoms with E-state index in [4.69, 9.17) is 0 Å². The molecule has 1 rings (SSSR count). The van der Waals surface area contributed by atoms with Crippen molar-refractivity contribution in [1.82, 2.24) is 5.32 Å². The summed E-state index contributed by atoms with van der Waals surface area (Å²) in [5, 5.41) is 3.29. The van der Waals surface area contributed by atoms with Crippen LogP contribution in [0.3, 0.4) is 0 Å². The Kier molecular flexibility index (Phi) is 6.53. The quantitative estimate of drug-likeness (QED) is 0.783. The maximum absolute atomic E-state index is 12.7. The zero-order chi connectivity index (χ0) is 16.2. The molecule has 2 nitrogen and oxygen atoms in total. The standard InChI is InChI=1S/C15H22BrF3N2/c1-10(2)20-8-12-5-6-13(7-14(12)16)21(11(3)4)9-15(17,18)19/h5-7,10-11,20H,8-9H2,1-4H3. The second-order valence-electron chi connectivity index (χ2n) is 5.65. The van der Waals surface area contributed by atoms with Gasteiger partial charge in [-0.2, -0.15) is 13.2 Å². The van der Waals surface area contributed by atoms with Crippen LogP contribution in [-0.2, 0) is 6.54 Å². The van der Waals surface area contributed by atoms with Gasteiger partial charge in [0.1, 0.15) is 6.54 Å². The van der Waals surface area contributed by atoms with Crippen molar-refractivity contribution in [3.8, 4) is 0 Å². The summed E-state index contributed by atoms with van der Waals surface area (Å²) in [6.45, 7) is 7.35. The maximum atomic E-state index is 12.7. The van der Waals surface area contributed by atoms with Crippen molar-refractivity contribution in [3.05, 3.63) is 28.2 Å². The van der Waals surface area contributed by atoms with Gasteiger partial charge in [-0.15, -0.1) is 0 Å². The number of rotatable bonds is 6. The van der Waals surface area contributed by atoms with Crippen LogP contribution >= 0.6 is 15.9 Å². The summed E-state index contributed by atoms with van der Waals surface area (Å²) in [7, 11) is 0. The van der Waals surface area contributed by atoms with Crippen LogP contribution in [0.15, 0.2) is 22.7 Å². The first kappa shape index (κ1) is 18.3. The molecule has 0 saturated carbocycles. The van der Waals surface area contributed by atoms with Gasteiger partial charge in [0.05, 0.1) is 0 Å². The SMILES string of the molecule is CC(C)NCc1ccc(N(CC(F)(F)F)C(C)C)cc1Br. The topological polar surface area (TPSA) is 15.3 Å². The number of hydrogen-bond acceptors (Lipinski definition) is 2. The highest BCUT2D eigenvalue weighted by Gasteiger charge is 2.32. The molecule has 0 atom stereocenters. The number of benzene rings is 1. The van der Waals surface area contributed by atoms with Gasteiger partial charge in [-0.25, -0.2) is 0 Å². The molecule has 1 N–H and O–H groups in total. The average Bonchev–Trinajstić information content (AvgIpc) is 2.33. The molecule has 0 radical (unpaired) electrons. The van der Waals surface area contributed by atoms with Crippen molar-refractivity contribution in [2.75, 3.05) is 11.4 Å². The lowest BCUT2D eigenvalue weighted by Crippen LogP contribution is -2.39. The number of hydrogen-bond donors (Lipinski definition) is 1. The third-order valence-electron chi connectivity index (χ3n) is 3.04. The minimum Gasteiger partial charge on any atom is -0.360 e. The summed E-state index contributed by atoms with van der Waals surface area (Å²) in [5.74, 6) is 0. The Morgan fingerprint density at radius 3 is 2.24 bits per heavy atom. The first-order valence-corrected chi connectivity index (χ1v) is 7.74. The highest BCUT2D eigenvalue weighted by molar-refractivity contribution is 9.10. The van der Waals surface area contributed by atoms with Crippen molar-refractivity contribution in [3.63, 3.8) is 0 Å². The number of anilines is 1. The molecule has 0 aliphatic carbocycles. The van der Waals surface area contributed by atoms with E-state index in [1.807, 2.05) is 19.9 Å². The van der Waals surface area contributed by atoms with Crippen molar-refractivity contribution in [1.29, 1.82) is 0 Å². The van der Waals surface area contributed by atoms with E-state index in [1.54, 1.807) is 26.0 Å². The van der Waals surface area contributed by atoms with Gasteiger partial charge in [0.15, 0.2) is 0 Å². The van der Waals surface area contributed by atoms with Crippen LogP contribution in [0.1, 0.15) is 33.3 Å². The summed E-state index contributed by atoms with van der Waals surface area (Å²) < 4.78 is 38.9. The van der Waals surface area contributed by atoms with Gasteiger partial charge < -0.3 is 10.2 Å². The molecular formula is C15H22BrF3N2. The number of nitrogens with one attached hydrogen (secondary N) is 1. The average molecular weight is 367 g/mol. The van der Waals surface area contributed by atoms with E-state index in [0.29, 0.717) is 18.3 Å². The predicted octanol–water partition coefficient (Wildman–Crippen LogP) is 4.72. The van der Waals surface area contributed by atoms with E-state index in [2.05, 4.69) is 21.2 Å². The number of halogens is 4. The van der Waals surface area contributed by atoms with E-state index in [1.165, 1.54) is 4.90 Å². The number of alkyl halides is 3. The molecule has 21 heavy (non-hydrogen) atoms. The maximum Gasteiger partial charge on any atom is 0.405 e. The lowest BCUT2D eigenvalue weighted by atomic mass is 10.1. The van der Waals surface area contributed by atoms with Crippen LogP contribution in [0.5, 0.6) is 0 Å². The Morgan fingerprint density at radius 1 is 1.19 bits per heavy atom. The molecule has 1 aromatic rings. The van der Waals surface area contributed by atoms with Gasteiger partial charge in [0, 0.05) is 28.8 Å². The fourth-order valence-corrected chi connectivity index (χ4v) is 2.44. The summed E-state index contributed by atoms with van der Waals surface area (Å²) >= 11 is 3.45. The monoisotopic (exact) mass is 366 g/mol. The van der Waals surface area contributed by atoms with Gasteiger partial charge in [0.2, 0.25) is 0 Å². The zero-order valence-electron chi connectivity index (χ0n) is 12.8. The van der Waals surface area contributed by atoms with E-state index in [9.17, 15) is 13.2 Å². The van der Waals surface area contributed by atoms with E-state index >= 15 is 0 Å². The van der Waals surface area contributed by atoms with Gasteiger partial charge in [-0.05, 0) is 31.5 Å². The normalized spacial score (nSPS) is 12.3. The molecule has 0 aliphatic heterocycles. The predicted molar refractivity (Wildman–Crippen MR) is 84.7 cm³/mol. The fraction of sp³-hybridized carbons (Fsp3) is 0.600. The van der Waals surface area contributed by atoms with Crippen LogP contribution in [0.25, 0.3) is 0 Å². The Bertz CT molecular complexity index is 459. The van der Waals surface area contributed by atoms with Crippen LogP contribution in [-0.4, -0.2) is 24.8 Å². The third kappa shape index (κ3) is 6.26. The molecule has 1 aromatic carbocycles. The van der Waals surface area contributed by atoms with E-state index in [0.717, 1.165) is 10.0 Å². The van der Waals surface area contributed by atoms with Crippen LogP contribution in [0.4, 0.5) is 18.9 Å². The molecule has 0 fully saturated rings. The Balaban J connectivity index is 2.93. The third-order valence-corrected chi connectivity index (χ3v) is 3.78. The van der Waals surface area contributed by atoms with Gasteiger partial charge in [-0.1, -0.05) is 35.8 Å². The van der Waals surface area contributed by atoms with Crippen LogP contribution in [0, 0.1) is 0 Å². The second-order valence-corrected chi connectivity index (χ2v) is 6.50. The first-order chi connectivity index (χ1) is 9.60. The van der Waals surface area contributed by atoms with Crippen LogP contribution in [0.2, 0.25) is 0 Å². The van der Waals surface area contributed by atoms with Crippen molar-refractivity contribution < 1.29 is 13.2 Å². The highest BCUT2D eigenvalue weighted by atomic mass is 79.9. The fourth-order valence-electron chi connectivity index (χ4n) is 1.94. The molecule has 0 aromatic heterocycles. The van der Waals surface area contributed by atoms with Crippen molar-refractivity contribution >= 4 is 21.6 Å². The van der Waals surface area contributed by atoms with Crippen LogP contribution < -0.4 is 10.2 Å². The zero-order valence-corrected chi connectivity index (χ0v) is 14.3. The Morgan fingerprint density at radius 2 is 1.81 bits per heavy atom. The smallest absolute Gasteiger partial charge is 0.360 e. The summed E-state index contributed by atoms with van der Waals surface area (Å²) in [5.41, 5.74) is 1.60. The molecule has 6 heteroatoms. The van der Waals surface area contributed by atoms with E-state index in [-0.39, 0.29) is 6.04 Å². The molecular weight excluding hydrogens is 345 g/mol. The van der Waals surface area contributed by atoms with Gasteiger partial charge in [-0.3, -0.25) is 0 Å². The second kappa shape index (κ2) is 7.49. The lowest BCUT2D eigenvalue weighted by molar-refractivity contribution is -0.120. The van der Waals surface area contributed by atoms with Gasteiger partial charge >= 0.3 is 6.18 Å². The molecule has 0 unspecified atom stereocenters. The molecule has 0 aliphatic rings. The first-order valence-electron chi connectivity index (χ1n) is 6.95. The number of nitrogens with zero attached hydrogens (tertiary/aromatic N) is 1. The minimum atomic E-state index is -4.21.